The zero-order valence-electron chi connectivity index (χ0n) is 12.3. The van der Waals surface area contributed by atoms with E-state index in [9.17, 15) is 19.5 Å². The molecule has 1 radical (unpaired) electrons. The summed E-state index contributed by atoms with van der Waals surface area (Å²) >= 11 is 0. The zero-order valence-corrected chi connectivity index (χ0v) is 12.3. The van der Waals surface area contributed by atoms with E-state index in [2.05, 4.69) is 0 Å². The van der Waals surface area contributed by atoms with E-state index in [1.54, 1.807) is 0 Å². The highest BCUT2D eigenvalue weighted by Crippen LogP contribution is 2.32. The van der Waals surface area contributed by atoms with E-state index >= 15 is 0 Å². The first-order valence-corrected chi connectivity index (χ1v) is 6.38. The Labute approximate surface area is 122 Å². The number of carbonyl (C=O) groups is 3. The van der Waals surface area contributed by atoms with Crippen LogP contribution >= 0.6 is 0 Å². The van der Waals surface area contributed by atoms with E-state index in [0.29, 0.717) is 0 Å². The molecule has 119 valence electrons. The van der Waals surface area contributed by atoms with Crippen LogP contribution in [0.5, 0.6) is 0 Å². The molecule has 1 rings (SSSR count). The van der Waals surface area contributed by atoms with Crippen molar-refractivity contribution >= 4 is 17.9 Å². The van der Waals surface area contributed by atoms with Crippen LogP contribution in [0.3, 0.4) is 0 Å². The Hall–Kier alpha value is -1.67. The number of esters is 3. The van der Waals surface area contributed by atoms with Crippen molar-refractivity contribution in [2.24, 2.45) is 0 Å². The Kier molecular flexibility index (Phi) is 6.10. The zero-order chi connectivity index (χ0) is 16.2. The van der Waals surface area contributed by atoms with E-state index in [-0.39, 0.29) is 6.10 Å². The maximum atomic E-state index is 11.3. The van der Waals surface area contributed by atoms with Crippen molar-refractivity contribution in [2.45, 2.75) is 52.1 Å². The average Bonchev–Trinajstić information content (AvgIpc) is 2.35. The van der Waals surface area contributed by atoms with Crippen molar-refractivity contribution in [3.8, 4) is 0 Å². The van der Waals surface area contributed by atoms with Gasteiger partial charge < -0.3 is 24.1 Å². The van der Waals surface area contributed by atoms with Crippen molar-refractivity contribution < 1.29 is 38.4 Å². The van der Waals surface area contributed by atoms with Crippen LogP contribution in [0.4, 0.5) is 0 Å². The molecule has 1 heterocycles. The van der Waals surface area contributed by atoms with Crippen LogP contribution in [0.15, 0.2) is 0 Å². The fraction of sp³-hybridized carbons (Fsp3) is 0.692. The molecule has 4 atom stereocenters. The van der Waals surface area contributed by atoms with Gasteiger partial charge in [-0.15, -0.1) is 0 Å². The third kappa shape index (κ3) is 4.68. The topological polar surface area (TPSA) is 108 Å². The monoisotopic (exact) mass is 303 g/mol. The van der Waals surface area contributed by atoms with Gasteiger partial charge in [-0.05, 0) is 6.92 Å². The summed E-state index contributed by atoms with van der Waals surface area (Å²) in [5.41, 5.74) is 0. The molecule has 8 heteroatoms. The van der Waals surface area contributed by atoms with E-state index in [4.69, 9.17) is 18.9 Å². The predicted molar refractivity (Wildman–Crippen MR) is 67.5 cm³/mol. The molecular formula is C13H19O8. The molecule has 1 saturated heterocycles. The lowest BCUT2D eigenvalue weighted by Gasteiger charge is -2.42. The minimum Gasteiger partial charge on any atom is -0.456 e. The summed E-state index contributed by atoms with van der Waals surface area (Å²) in [6.45, 7) is 4.60. The molecule has 1 aliphatic rings. The number of ether oxygens (including phenoxy) is 4. The Morgan fingerprint density at radius 3 is 1.90 bits per heavy atom. The SMILES string of the molecule is C[C]1O[C@H](CO)[C@@H](OC(C)=O)[C@H](OC(C)=O)[C@H]1OC(C)=O. The van der Waals surface area contributed by atoms with Crippen molar-refractivity contribution in [1.29, 1.82) is 0 Å². The van der Waals surface area contributed by atoms with E-state index in [0.717, 1.165) is 0 Å². The Balaban J connectivity index is 3.08. The fourth-order valence-corrected chi connectivity index (χ4v) is 2.11. The van der Waals surface area contributed by atoms with Crippen molar-refractivity contribution in [1.82, 2.24) is 0 Å². The smallest absolute Gasteiger partial charge is 0.303 e. The fourth-order valence-electron chi connectivity index (χ4n) is 2.11. The van der Waals surface area contributed by atoms with Crippen molar-refractivity contribution in [3.63, 3.8) is 0 Å². The largest absolute Gasteiger partial charge is 0.456 e. The van der Waals surface area contributed by atoms with Gasteiger partial charge in [-0.1, -0.05) is 0 Å². The molecule has 1 N–H and O–H groups in total. The van der Waals surface area contributed by atoms with Gasteiger partial charge in [0.1, 0.15) is 12.2 Å². The lowest BCUT2D eigenvalue weighted by molar-refractivity contribution is -0.225. The number of rotatable bonds is 4. The number of hydrogen-bond acceptors (Lipinski definition) is 8. The van der Waals surface area contributed by atoms with E-state index < -0.39 is 48.9 Å². The predicted octanol–water partition coefficient (Wildman–Crippen LogP) is -0.276. The Morgan fingerprint density at radius 2 is 1.48 bits per heavy atom. The quantitative estimate of drug-likeness (QED) is 0.558. The molecule has 0 aromatic heterocycles. The average molecular weight is 303 g/mol. The van der Waals surface area contributed by atoms with Crippen molar-refractivity contribution in [2.75, 3.05) is 6.61 Å². The second kappa shape index (κ2) is 7.37. The van der Waals surface area contributed by atoms with Gasteiger partial charge in [-0.2, -0.15) is 0 Å². The van der Waals surface area contributed by atoms with Crippen LogP contribution in [-0.4, -0.2) is 54.0 Å². The summed E-state index contributed by atoms with van der Waals surface area (Å²) < 4.78 is 20.6. The van der Waals surface area contributed by atoms with Gasteiger partial charge in [0, 0.05) is 20.8 Å². The molecule has 0 aromatic carbocycles. The van der Waals surface area contributed by atoms with Gasteiger partial charge in [0.15, 0.2) is 18.3 Å². The molecule has 0 amide bonds. The van der Waals surface area contributed by atoms with Gasteiger partial charge in [0.05, 0.1) is 6.61 Å². The summed E-state index contributed by atoms with van der Waals surface area (Å²) in [5, 5.41) is 9.33. The van der Waals surface area contributed by atoms with Crippen LogP contribution in [0.1, 0.15) is 27.7 Å². The number of carbonyl (C=O) groups excluding carboxylic acids is 3. The van der Waals surface area contributed by atoms with Crippen LogP contribution in [0, 0.1) is 6.10 Å². The van der Waals surface area contributed by atoms with Crippen LogP contribution in [0.25, 0.3) is 0 Å². The highest BCUT2D eigenvalue weighted by Gasteiger charge is 2.50. The molecule has 0 spiro atoms. The maximum Gasteiger partial charge on any atom is 0.303 e. The summed E-state index contributed by atoms with van der Waals surface area (Å²) in [6.07, 6.45) is -3.84. The molecule has 0 aromatic rings. The first kappa shape index (κ1) is 17.4. The Morgan fingerprint density at radius 1 is 1.00 bits per heavy atom. The lowest BCUT2D eigenvalue weighted by Crippen LogP contribution is -2.58. The number of hydrogen-bond donors (Lipinski definition) is 1. The molecule has 1 aliphatic heterocycles. The second-order valence-electron chi connectivity index (χ2n) is 4.63. The minimum absolute atomic E-state index is 0.249. The first-order chi connectivity index (χ1) is 9.76. The third-order valence-electron chi connectivity index (χ3n) is 2.80. The molecule has 21 heavy (non-hydrogen) atoms. The molecule has 0 saturated carbocycles. The lowest BCUT2D eigenvalue weighted by atomic mass is 9.95. The van der Waals surface area contributed by atoms with E-state index in [1.807, 2.05) is 0 Å². The van der Waals surface area contributed by atoms with Crippen LogP contribution in [0.2, 0.25) is 0 Å². The number of aliphatic hydroxyl groups excluding tert-OH is 1. The van der Waals surface area contributed by atoms with Gasteiger partial charge >= 0.3 is 17.9 Å². The third-order valence-corrected chi connectivity index (χ3v) is 2.80. The number of aliphatic hydroxyl groups is 1. The normalized spacial score (nSPS) is 29.6. The minimum atomic E-state index is -1.08. The first-order valence-electron chi connectivity index (χ1n) is 6.38. The van der Waals surface area contributed by atoms with Crippen molar-refractivity contribution in [3.05, 3.63) is 6.10 Å². The molecule has 0 bridgehead atoms. The molecule has 0 aliphatic carbocycles. The van der Waals surface area contributed by atoms with Gasteiger partial charge in [-0.3, -0.25) is 14.4 Å². The molecule has 0 unspecified atom stereocenters. The summed E-state index contributed by atoms with van der Waals surface area (Å²) in [4.78, 5) is 33.6. The van der Waals surface area contributed by atoms with Gasteiger partial charge in [0.25, 0.3) is 0 Å². The molecular weight excluding hydrogens is 284 g/mol. The van der Waals surface area contributed by atoms with Crippen LogP contribution < -0.4 is 0 Å². The summed E-state index contributed by atoms with van der Waals surface area (Å²) in [5.74, 6) is -1.88. The summed E-state index contributed by atoms with van der Waals surface area (Å²) in [6, 6.07) is 0. The standard InChI is InChI=1S/C13H19O8/c1-6-11(19-7(2)15)13(21-9(4)17)12(20-8(3)16)10(5-14)18-6/h10-14H,5H2,1-4H3/t10-,11+,12-,13-/m1/s1. The maximum absolute atomic E-state index is 11.3. The highest BCUT2D eigenvalue weighted by atomic mass is 16.6. The molecule has 1 fully saturated rings. The Bertz CT molecular complexity index is 407. The van der Waals surface area contributed by atoms with E-state index in [1.165, 1.54) is 27.7 Å². The van der Waals surface area contributed by atoms with Gasteiger partial charge in [0.2, 0.25) is 0 Å². The summed E-state index contributed by atoms with van der Waals surface area (Å²) in [7, 11) is 0. The second-order valence-corrected chi connectivity index (χ2v) is 4.63. The molecule has 8 nitrogen and oxygen atoms in total. The van der Waals surface area contributed by atoms with Crippen LogP contribution in [-0.2, 0) is 33.3 Å². The highest BCUT2D eigenvalue weighted by molar-refractivity contribution is 5.68. The van der Waals surface area contributed by atoms with Gasteiger partial charge in [-0.25, -0.2) is 0 Å².